The molecule has 3 aromatic rings. The van der Waals surface area contributed by atoms with Crippen molar-refractivity contribution in [1.29, 1.82) is 0 Å². The van der Waals surface area contributed by atoms with Crippen molar-refractivity contribution < 1.29 is 4.39 Å². The molecule has 2 aromatic carbocycles. The summed E-state index contributed by atoms with van der Waals surface area (Å²) in [4.78, 5) is 0. The van der Waals surface area contributed by atoms with Crippen molar-refractivity contribution in [3.63, 3.8) is 0 Å². The van der Waals surface area contributed by atoms with Gasteiger partial charge in [-0.05, 0) is 29.8 Å². The van der Waals surface area contributed by atoms with Gasteiger partial charge in [0, 0.05) is 15.8 Å². The largest absolute Gasteiger partial charge is 0.335 e. The number of halogens is 2. The highest BCUT2D eigenvalue weighted by atomic mass is 79.9. The van der Waals surface area contributed by atoms with Gasteiger partial charge in [-0.2, -0.15) is 0 Å². The lowest BCUT2D eigenvalue weighted by atomic mass is 10.2. The van der Waals surface area contributed by atoms with Crippen LogP contribution in [0.15, 0.2) is 58.2 Å². The number of nitrogens with two attached hydrogens (primary N) is 1. The van der Waals surface area contributed by atoms with Crippen LogP contribution in [0.2, 0.25) is 0 Å². The van der Waals surface area contributed by atoms with E-state index in [1.165, 1.54) is 28.6 Å². The van der Waals surface area contributed by atoms with Crippen LogP contribution < -0.4 is 5.84 Å². The Morgan fingerprint density at radius 2 is 1.82 bits per heavy atom. The van der Waals surface area contributed by atoms with Crippen LogP contribution in [-0.2, 0) is 5.75 Å². The highest BCUT2D eigenvalue weighted by Crippen LogP contribution is 2.28. The number of benzene rings is 2. The number of thioether (sulfide) groups is 1. The summed E-state index contributed by atoms with van der Waals surface area (Å²) in [6.07, 6.45) is 0. The zero-order chi connectivity index (χ0) is 15.5. The lowest BCUT2D eigenvalue weighted by Crippen LogP contribution is -2.11. The Bertz CT molecular complexity index is 788. The van der Waals surface area contributed by atoms with E-state index in [1.807, 2.05) is 24.3 Å². The van der Waals surface area contributed by atoms with Crippen LogP contribution >= 0.6 is 27.7 Å². The second kappa shape index (κ2) is 6.50. The van der Waals surface area contributed by atoms with Gasteiger partial charge in [0.1, 0.15) is 5.82 Å². The average molecular weight is 379 g/mol. The van der Waals surface area contributed by atoms with Gasteiger partial charge in [-0.3, -0.25) is 0 Å². The number of aromatic nitrogens is 3. The molecule has 4 nitrogen and oxygen atoms in total. The Morgan fingerprint density at radius 3 is 2.55 bits per heavy atom. The summed E-state index contributed by atoms with van der Waals surface area (Å²) in [6.45, 7) is 0. The molecule has 0 spiro atoms. The van der Waals surface area contributed by atoms with Crippen LogP contribution in [-0.4, -0.2) is 14.9 Å². The van der Waals surface area contributed by atoms with E-state index >= 15 is 0 Å². The zero-order valence-corrected chi connectivity index (χ0v) is 13.8. The molecule has 1 aromatic heterocycles. The number of hydrogen-bond acceptors (Lipinski definition) is 4. The van der Waals surface area contributed by atoms with E-state index in [2.05, 4.69) is 26.1 Å². The first-order valence-electron chi connectivity index (χ1n) is 6.48. The van der Waals surface area contributed by atoms with Crippen LogP contribution in [0.5, 0.6) is 0 Å². The summed E-state index contributed by atoms with van der Waals surface area (Å²) < 4.78 is 15.3. The molecular weight excluding hydrogens is 367 g/mol. The predicted molar refractivity (Wildman–Crippen MR) is 89.3 cm³/mol. The van der Waals surface area contributed by atoms with E-state index in [0.29, 0.717) is 16.7 Å². The molecule has 0 aliphatic carbocycles. The average Bonchev–Trinajstić information content (AvgIpc) is 2.88. The minimum atomic E-state index is -0.244. The summed E-state index contributed by atoms with van der Waals surface area (Å²) in [7, 11) is 0. The van der Waals surface area contributed by atoms with Gasteiger partial charge in [0.15, 0.2) is 5.82 Å². The molecule has 7 heteroatoms. The fourth-order valence-corrected chi connectivity index (χ4v) is 3.20. The molecule has 0 unspecified atom stereocenters. The standard InChI is InChI=1S/C15H12BrFN4S/c16-13-4-2-1-3-12(13)14-19-20-15(21(14)18)22-9-10-5-7-11(17)8-6-10/h1-8H,9,18H2. The normalized spacial score (nSPS) is 10.8. The van der Waals surface area contributed by atoms with E-state index in [0.717, 1.165) is 15.6 Å². The first kappa shape index (κ1) is 15.1. The molecule has 0 saturated heterocycles. The third-order valence-corrected chi connectivity index (χ3v) is 4.77. The molecule has 0 aliphatic rings. The Labute approximate surface area is 139 Å². The van der Waals surface area contributed by atoms with Crippen LogP contribution in [0.1, 0.15) is 5.56 Å². The number of hydrogen-bond donors (Lipinski definition) is 1. The molecule has 112 valence electrons. The predicted octanol–water partition coefficient (Wildman–Crippen LogP) is 3.85. The smallest absolute Gasteiger partial charge is 0.210 e. The molecule has 22 heavy (non-hydrogen) atoms. The lowest BCUT2D eigenvalue weighted by Gasteiger charge is -2.05. The third kappa shape index (κ3) is 3.15. The molecule has 0 amide bonds. The van der Waals surface area contributed by atoms with Gasteiger partial charge in [0.2, 0.25) is 5.16 Å². The van der Waals surface area contributed by atoms with Gasteiger partial charge in [0.05, 0.1) is 0 Å². The van der Waals surface area contributed by atoms with Crippen LogP contribution in [0.25, 0.3) is 11.4 Å². The van der Waals surface area contributed by atoms with E-state index < -0.39 is 0 Å². The highest BCUT2D eigenvalue weighted by Gasteiger charge is 2.14. The second-order valence-electron chi connectivity index (χ2n) is 4.57. The molecule has 0 fully saturated rings. The summed E-state index contributed by atoms with van der Waals surface area (Å²) in [5.74, 6) is 7.08. The van der Waals surface area contributed by atoms with Gasteiger partial charge in [-0.15, -0.1) is 10.2 Å². The summed E-state index contributed by atoms with van der Waals surface area (Å²) in [5, 5.41) is 8.88. The van der Waals surface area contributed by atoms with Crippen LogP contribution in [0.3, 0.4) is 0 Å². The van der Waals surface area contributed by atoms with E-state index in [9.17, 15) is 4.39 Å². The van der Waals surface area contributed by atoms with Crippen LogP contribution in [0.4, 0.5) is 4.39 Å². The number of nitrogens with zero attached hydrogens (tertiary/aromatic N) is 3. The molecule has 0 atom stereocenters. The summed E-state index contributed by atoms with van der Waals surface area (Å²) >= 11 is 4.93. The molecule has 0 aliphatic heterocycles. The first-order valence-corrected chi connectivity index (χ1v) is 8.25. The maximum Gasteiger partial charge on any atom is 0.210 e. The molecule has 0 bridgehead atoms. The van der Waals surface area contributed by atoms with Crippen molar-refractivity contribution >= 4 is 27.7 Å². The lowest BCUT2D eigenvalue weighted by molar-refractivity contribution is 0.627. The van der Waals surface area contributed by atoms with E-state index in [1.54, 1.807) is 12.1 Å². The molecule has 0 radical (unpaired) electrons. The van der Waals surface area contributed by atoms with Gasteiger partial charge in [-0.25, -0.2) is 9.07 Å². The fraction of sp³-hybridized carbons (Fsp3) is 0.0667. The molecule has 1 heterocycles. The Hall–Kier alpha value is -1.86. The zero-order valence-electron chi connectivity index (χ0n) is 11.4. The minimum Gasteiger partial charge on any atom is -0.335 e. The summed E-state index contributed by atoms with van der Waals surface area (Å²) in [5.41, 5.74) is 1.88. The van der Waals surface area contributed by atoms with Crippen molar-refractivity contribution in [1.82, 2.24) is 14.9 Å². The molecular formula is C15H12BrFN4S. The molecule has 0 saturated carbocycles. The SMILES string of the molecule is Nn1c(SCc2ccc(F)cc2)nnc1-c1ccccc1Br. The number of nitrogen functional groups attached to an aromatic ring is 1. The van der Waals surface area contributed by atoms with Gasteiger partial charge in [-0.1, -0.05) is 52.0 Å². The molecule has 3 rings (SSSR count). The van der Waals surface area contributed by atoms with Gasteiger partial charge in [0.25, 0.3) is 0 Å². The highest BCUT2D eigenvalue weighted by molar-refractivity contribution is 9.10. The maximum absolute atomic E-state index is 12.9. The van der Waals surface area contributed by atoms with Crippen molar-refractivity contribution in [2.75, 3.05) is 5.84 Å². The van der Waals surface area contributed by atoms with Crippen molar-refractivity contribution in [3.05, 3.63) is 64.4 Å². The van der Waals surface area contributed by atoms with E-state index in [4.69, 9.17) is 5.84 Å². The monoisotopic (exact) mass is 378 g/mol. The minimum absolute atomic E-state index is 0.244. The maximum atomic E-state index is 12.9. The summed E-state index contributed by atoms with van der Waals surface area (Å²) in [6, 6.07) is 14.1. The second-order valence-corrected chi connectivity index (χ2v) is 6.37. The van der Waals surface area contributed by atoms with Crippen molar-refractivity contribution in [3.8, 4) is 11.4 Å². The van der Waals surface area contributed by atoms with E-state index in [-0.39, 0.29) is 5.82 Å². The van der Waals surface area contributed by atoms with Crippen molar-refractivity contribution in [2.45, 2.75) is 10.9 Å². The van der Waals surface area contributed by atoms with Crippen LogP contribution in [0, 0.1) is 5.82 Å². The molecule has 2 N–H and O–H groups in total. The first-order chi connectivity index (χ1) is 10.6. The number of rotatable bonds is 4. The van der Waals surface area contributed by atoms with Gasteiger partial charge >= 0.3 is 0 Å². The Balaban J connectivity index is 1.79. The Morgan fingerprint density at radius 1 is 1.09 bits per heavy atom. The fourth-order valence-electron chi connectivity index (χ4n) is 1.93. The van der Waals surface area contributed by atoms with Crippen molar-refractivity contribution in [2.24, 2.45) is 0 Å². The topological polar surface area (TPSA) is 56.7 Å². The Kier molecular flexibility index (Phi) is 4.44. The van der Waals surface area contributed by atoms with Gasteiger partial charge < -0.3 is 5.84 Å². The quantitative estimate of drug-likeness (QED) is 0.553. The third-order valence-electron chi connectivity index (χ3n) is 3.06.